The van der Waals surface area contributed by atoms with Gasteiger partial charge in [0.2, 0.25) is 0 Å². The van der Waals surface area contributed by atoms with Gasteiger partial charge in [-0.05, 0) is 114 Å². The van der Waals surface area contributed by atoms with Crippen LogP contribution in [0.5, 0.6) is 0 Å². The van der Waals surface area contributed by atoms with Crippen molar-refractivity contribution in [3.8, 4) is 44.6 Å². The molecule has 0 aliphatic carbocycles. The van der Waals surface area contributed by atoms with Crippen LogP contribution in [0.2, 0.25) is 0 Å². The number of pyridine rings is 1. The number of para-hydroxylation sites is 1. The van der Waals surface area contributed by atoms with Gasteiger partial charge in [0.1, 0.15) is 0 Å². The number of nitrogens with zero attached hydrogens (tertiary/aromatic N) is 1. The molecular weight excluding hydrogens is 725 g/mol. The summed E-state index contributed by atoms with van der Waals surface area (Å²) in [7, 11) is 0. The molecule has 1 aliphatic rings. The molecule has 0 radical (unpaired) electrons. The number of hydrogen-bond donors (Lipinski definition) is 1. The number of nitrogens with one attached hydrogen (secondary N) is 1. The molecule has 0 amide bonds. The van der Waals surface area contributed by atoms with E-state index in [-0.39, 0.29) is 6.04 Å². The van der Waals surface area contributed by atoms with Gasteiger partial charge >= 0.3 is 0 Å². The Morgan fingerprint density at radius 2 is 1.00 bits per heavy atom. The predicted molar refractivity (Wildman–Crippen MR) is 255 cm³/mol. The zero-order valence-corrected chi connectivity index (χ0v) is 33.5. The molecule has 2 heteroatoms. The number of benzene rings is 10. The van der Waals surface area contributed by atoms with Crippen molar-refractivity contribution in [1.82, 2.24) is 4.98 Å². The first-order valence-corrected chi connectivity index (χ1v) is 20.9. The fourth-order valence-corrected chi connectivity index (χ4v) is 10.5. The van der Waals surface area contributed by atoms with Gasteiger partial charge < -0.3 is 5.32 Å². The third-order valence-corrected chi connectivity index (χ3v) is 13.0. The monoisotopic (exact) mass is 764 g/mol. The summed E-state index contributed by atoms with van der Waals surface area (Å²) in [5, 5.41) is 15.1. The topological polar surface area (TPSA) is 24.9 Å². The van der Waals surface area contributed by atoms with E-state index in [1.807, 2.05) is 0 Å². The lowest BCUT2D eigenvalue weighted by atomic mass is 9.77. The van der Waals surface area contributed by atoms with Crippen LogP contribution < -0.4 is 5.32 Å². The Morgan fingerprint density at radius 3 is 1.73 bits per heavy atom. The summed E-state index contributed by atoms with van der Waals surface area (Å²) in [6.07, 6.45) is 0. The molecule has 0 bridgehead atoms. The highest BCUT2D eigenvalue weighted by Gasteiger charge is 2.32. The van der Waals surface area contributed by atoms with Crippen LogP contribution >= 0.6 is 0 Å². The Morgan fingerprint density at radius 1 is 0.417 bits per heavy atom. The molecule has 10 aromatic carbocycles. The fourth-order valence-electron chi connectivity index (χ4n) is 10.5. The van der Waals surface area contributed by atoms with Gasteiger partial charge in [0.25, 0.3) is 0 Å². The van der Waals surface area contributed by atoms with Crippen molar-refractivity contribution in [3.63, 3.8) is 0 Å². The quantitative estimate of drug-likeness (QED) is 0.143. The van der Waals surface area contributed by atoms with E-state index in [0.29, 0.717) is 0 Å². The lowest BCUT2D eigenvalue weighted by Gasteiger charge is -2.34. The van der Waals surface area contributed by atoms with Crippen molar-refractivity contribution in [2.24, 2.45) is 0 Å². The number of aryl methyl sites for hydroxylation is 2. The van der Waals surface area contributed by atoms with Gasteiger partial charge in [-0.2, -0.15) is 0 Å². The van der Waals surface area contributed by atoms with Crippen molar-refractivity contribution >= 4 is 59.7 Å². The Labute approximate surface area is 349 Å². The maximum absolute atomic E-state index is 5.69. The Balaban J connectivity index is 1.18. The Bertz CT molecular complexity index is 3470. The van der Waals surface area contributed by atoms with Crippen LogP contribution in [0.4, 0.5) is 5.69 Å². The van der Waals surface area contributed by atoms with E-state index in [1.165, 1.54) is 98.5 Å². The van der Waals surface area contributed by atoms with Gasteiger partial charge in [-0.3, -0.25) is 0 Å². The number of hydrogen-bond acceptors (Lipinski definition) is 2. The highest BCUT2D eigenvalue weighted by atomic mass is 14.9. The summed E-state index contributed by atoms with van der Waals surface area (Å²) in [4.78, 5) is 5.69. The molecule has 282 valence electrons. The Hall–Kier alpha value is -7.55. The van der Waals surface area contributed by atoms with Gasteiger partial charge in [-0.1, -0.05) is 182 Å². The number of anilines is 1. The summed E-state index contributed by atoms with van der Waals surface area (Å²) < 4.78 is 0. The average molecular weight is 765 g/mol. The van der Waals surface area contributed by atoms with Crippen molar-refractivity contribution in [1.29, 1.82) is 0 Å². The molecule has 0 saturated carbocycles. The number of rotatable bonds is 4. The van der Waals surface area contributed by atoms with Gasteiger partial charge in [0, 0.05) is 27.6 Å². The van der Waals surface area contributed by atoms with E-state index in [0.717, 1.165) is 28.0 Å². The lowest BCUT2D eigenvalue weighted by Crippen LogP contribution is -2.20. The molecule has 1 atom stereocenters. The first-order valence-electron chi connectivity index (χ1n) is 20.9. The zero-order valence-electron chi connectivity index (χ0n) is 33.5. The molecule has 1 aromatic heterocycles. The lowest BCUT2D eigenvalue weighted by molar-refractivity contribution is 0.919. The standard InChI is InChI=1S/C58H40N2/c1-35-51-47-29-15-16-31-49(47)59-57(38-19-5-3-6-20-38)53(51)36(2)52-48-33-32-40(34-50(48)60-58(54(35)52)39-21-7-4-8-22-39)55-43-25-11-13-27-45(43)56(46-28-14-12-26-44(46)55)42-30-17-23-37-18-9-10-24-41(37)42/h3-34,57,59H,1-2H3. The highest BCUT2D eigenvalue weighted by molar-refractivity contribution is 6.24. The summed E-state index contributed by atoms with van der Waals surface area (Å²) in [6.45, 7) is 4.65. The Kier molecular flexibility index (Phi) is 7.77. The van der Waals surface area contributed by atoms with E-state index < -0.39 is 0 Å². The van der Waals surface area contributed by atoms with E-state index in [1.54, 1.807) is 0 Å². The van der Waals surface area contributed by atoms with Crippen LogP contribution in [-0.2, 0) is 0 Å². The average Bonchev–Trinajstić information content (AvgIpc) is 3.31. The zero-order chi connectivity index (χ0) is 39.9. The molecule has 2 heterocycles. The molecular formula is C58H40N2. The van der Waals surface area contributed by atoms with E-state index in [9.17, 15) is 0 Å². The number of fused-ring (bicyclic) bond motifs is 9. The van der Waals surface area contributed by atoms with Crippen LogP contribution in [0.25, 0.3) is 98.6 Å². The summed E-state index contributed by atoms with van der Waals surface area (Å²) >= 11 is 0. The minimum atomic E-state index is -0.000146. The van der Waals surface area contributed by atoms with E-state index >= 15 is 0 Å². The third kappa shape index (κ3) is 5.11. The second-order valence-corrected chi connectivity index (χ2v) is 16.2. The SMILES string of the molecule is Cc1c2c(c(C)c3c1c(-c1ccccc1)nc1cc(-c4c5ccccc5c(-c5cccc6ccccc56)c5ccccc45)ccc13)C(c1ccccc1)Nc1ccccc1-2. The largest absolute Gasteiger partial charge is 0.374 e. The fraction of sp³-hybridized carbons (Fsp3) is 0.0517. The van der Waals surface area contributed by atoms with Crippen LogP contribution in [-0.4, -0.2) is 4.98 Å². The maximum atomic E-state index is 5.69. The van der Waals surface area contributed by atoms with Gasteiger partial charge in [-0.25, -0.2) is 4.98 Å². The molecule has 1 unspecified atom stereocenters. The molecule has 0 saturated heterocycles. The van der Waals surface area contributed by atoms with Crippen molar-refractivity contribution < 1.29 is 0 Å². The van der Waals surface area contributed by atoms with Gasteiger partial charge in [0.05, 0.1) is 17.3 Å². The van der Waals surface area contributed by atoms with Crippen LogP contribution in [0.3, 0.4) is 0 Å². The molecule has 1 N–H and O–H groups in total. The normalized spacial score (nSPS) is 13.5. The highest BCUT2D eigenvalue weighted by Crippen LogP contribution is 2.52. The summed E-state index contributed by atoms with van der Waals surface area (Å²) in [6, 6.07) is 70.8. The molecule has 0 spiro atoms. The first-order chi connectivity index (χ1) is 29.6. The second-order valence-electron chi connectivity index (χ2n) is 16.2. The minimum Gasteiger partial charge on any atom is -0.374 e. The minimum absolute atomic E-state index is 0.000146. The van der Waals surface area contributed by atoms with E-state index in [4.69, 9.17) is 4.98 Å². The molecule has 60 heavy (non-hydrogen) atoms. The first kappa shape index (κ1) is 34.5. The third-order valence-electron chi connectivity index (χ3n) is 13.0. The molecule has 0 fully saturated rings. The summed E-state index contributed by atoms with van der Waals surface area (Å²) in [5.74, 6) is 0. The predicted octanol–water partition coefficient (Wildman–Crippen LogP) is 15.6. The number of aromatic nitrogens is 1. The molecule has 12 rings (SSSR count). The van der Waals surface area contributed by atoms with Gasteiger partial charge in [0.15, 0.2) is 0 Å². The maximum Gasteiger partial charge on any atom is 0.0791 e. The summed E-state index contributed by atoms with van der Waals surface area (Å²) in [5.41, 5.74) is 16.9. The van der Waals surface area contributed by atoms with E-state index in [2.05, 4.69) is 213 Å². The second kappa shape index (κ2) is 13.5. The van der Waals surface area contributed by atoms with Crippen molar-refractivity contribution in [3.05, 3.63) is 216 Å². The molecule has 2 nitrogen and oxygen atoms in total. The van der Waals surface area contributed by atoms with Crippen LogP contribution in [0.15, 0.2) is 194 Å². The van der Waals surface area contributed by atoms with Crippen molar-refractivity contribution in [2.45, 2.75) is 19.9 Å². The molecule has 11 aromatic rings. The molecule has 1 aliphatic heterocycles. The van der Waals surface area contributed by atoms with Crippen LogP contribution in [0, 0.1) is 13.8 Å². The van der Waals surface area contributed by atoms with Crippen molar-refractivity contribution in [2.75, 3.05) is 5.32 Å². The van der Waals surface area contributed by atoms with Gasteiger partial charge in [-0.15, -0.1) is 0 Å². The van der Waals surface area contributed by atoms with Crippen LogP contribution in [0.1, 0.15) is 28.3 Å². The smallest absolute Gasteiger partial charge is 0.0791 e.